The third-order valence-corrected chi connectivity index (χ3v) is 3.49. The topological polar surface area (TPSA) is 71.8 Å². The van der Waals surface area contributed by atoms with Crippen molar-refractivity contribution in [3.05, 3.63) is 22.7 Å². The van der Waals surface area contributed by atoms with Crippen LogP contribution >= 0.6 is 11.6 Å². The highest BCUT2D eigenvalue weighted by Gasteiger charge is 2.29. The summed E-state index contributed by atoms with van der Waals surface area (Å²) >= 11 is 6.06. The minimum Gasteiger partial charge on any atom is -0.454 e. The number of nitrogens with zero attached hydrogens (tertiary/aromatic N) is 2. The number of ether oxygens (including phenoxy) is 3. The van der Waals surface area contributed by atoms with Crippen LogP contribution in [0.3, 0.4) is 0 Å². The standard InChI is InChI=1S/C13H11ClN2O4/c14-10-3-8(4-11-12(10)20-7-19-11)13(17)16-1-2-18-6-9(16)5-15/h3-4,9H,1-2,6-7H2/t9-/m1/s1. The lowest BCUT2D eigenvalue weighted by molar-refractivity contribution is 0.0132. The smallest absolute Gasteiger partial charge is 0.255 e. The number of carbonyl (C=O) groups is 1. The van der Waals surface area contributed by atoms with E-state index in [9.17, 15) is 4.79 Å². The molecule has 104 valence electrons. The third kappa shape index (κ3) is 2.15. The van der Waals surface area contributed by atoms with Crippen LogP contribution in [-0.4, -0.2) is 43.4 Å². The summed E-state index contributed by atoms with van der Waals surface area (Å²) in [7, 11) is 0. The van der Waals surface area contributed by atoms with Gasteiger partial charge < -0.3 is 19.1 Å². The molecule has 3 rings (SSSR count). The van der Waals surface area contributed by atoms with E-state index in [-0.39, 0.29) is 19.3 Å². The lowest BCUT2D eigenvalue weighted by atomic mass is 10.1. The van der Waals surface area contributed by atoms with Crippen molar-refractivity contribution in [2.45, 2.75) is 6.04 Å². The number of hydrogen-bond acceptors (Lipinski definition) is 5. The van der Waals surface area contributed by atoms with E-state index < -0.39 is 6.04 Å². The first-order valence-electron chi connectivity index (χ1n) is 6.08. The Morgan fingerprint density at radius 2 is 2.30 bits per heavy atom. The molecule has 1 saturated heterocycles. The van der Waals surface area contributed by atoms with Gasteiger partial charge in [0.2, 0.25) is 6.79 Å². The van der Waals surface area contributed by atoms with Crippen molar-refractivity contribution in [2.75, 3.05) is 26.6 Å². The number of morpholine rings is 1. The van der Waals surface area contributed by atoms with Gasteiger partial charge >= 0.3 is 0 Å². The van der Waals surface area contributed by atoms with Crippen molar-refractivity contribution in [3.63, 3.8) is 0 Å². The summed E-state index contributed by atoms with van der Waals surface area (Å²) in [6.45, 7) is 1.11. The van der Waals surface area contributed by atoms with Gasteiger partial charge in [0.25, 0.3) is 5.91 Å². The summed E-state index contributed by atoms with van der Waals surface area (Å²) in [5.41, 5.74) is 0.376. The molecule has 1 fully saturated rings. The second-order valence-electron chi connectivity index (χ2n) is 4.41. The van der Waals surface area contributed by atoms with Crippen LogP contribution < -0.4 is 9.47 Å². The van der Waals surface area contributed by atoms with Crippen LogP contribution in [0.5, 0.6) is 11.5 Å². The van der Waals surface area contributed by atoms with Gasteiger partial charge in [-0.25, -0.2) is 0 Å². The van der Waals surface area contributed by atoms with E-state index in [1.807, 2.05) is 0 Å². The molecule has 0 unspecified atom stereocenters. The molecule has 0 spiro atoms. The zero-order valence-corrected chi connectivity index (χ0v) is 11.2. The number of rotatable bonds is 1. The van der Waals surface area contributed by atoms with Crippen molar-refractivity contribution < 1.29 is 19.0 Å². The molecule has 2 aliphatic heterocycles. The van der Waals surface area contributed by atoms with Gasteiger partial charge in [0.05, 0.1) is 24.3 Å². The Hall–Kier alpha value is -1.97. The minimum absolute atomic E-state index is 0.0884. The first kappa shape index (κ1) is 13.0. The van der Waals surface area contributed by atoms with E-state index >= 15 is 0 Å². The van der Waals surface area contributed by atoms with Crippen LogP contribution in [0.25, 0.3) is 0 Å². The molecule has 1 aromatic rings. The fourth-order valence-corrected chi connectivity index (χ4v) is 2.48. The molecule has 0 radical (unpaired) electrons. The Kier molecular flexibility index (Phi) is 3.38. The first-order chi connectivity index (χ1) is 9.70. The normalized spacial score (nSPS) is 20.6. The molecule has 0 aliphatic carbocycles. The summed E-state index contributed by atoms with van der Waals surface area (Å²) in [6.07, 6.45) is 0. The van der Waals surface area contributed by atoms with Crippen molar-refractivity contribution in [3.8, 4) is 17.6 Å². The van der Waals surface area contributed by atoms with Crippen LogP contribution in [0.15, 0.2) is 12.1 Å². The van der Waals surface area contributed by atoms with E-state index in [2.05, 4.69) is 6.07 Å². The van der Waals surface area contributed by atoms with Gasteiger partial charge in [0.1, 0.15) is 6.04 Å². The molecular weight excluding hydrogens is 284 g/mol. The molecule has 1 aromatic carbocycles. The monoisotopic (exact) mass is 294 g/mol. The Bertz CT molecular complexity index is 599. The number of fused-ring (bicyclic) bond motifs is 1. The van der Waals surface area contributed by atoms with Gasteiger partial charge in [-0.2, -0.15) is 5.26 Å². The van der Waals surface area contributed by atoms with Crippen LogP contribution in [-0.2, 0) is 4.74 Å². The van der Waals surface area contributed by atoms with Crippen molar-refractivity contribution in [1.82, 2.24) is 4.90 Å². The van der Waals surface area contributed by atoms with E-state index in [0.717, 1.165) is 0 Å². The zero-order valence-electron chi connectivity index (χ0n) is 10.5. The predicted octanol–water partition coefficient (Wildman–Crippen LogP) is 1.43. The molecule has 7 heteroatoms. The van der Waals surface area contributed by atoms with Crippen LogP contribution in [0.4, 0.5) is 0 Å². The quantitative estimate of drug-likeness (QED) is 0.783. The molecule has 6 nitrogen and oxygen atoms in total. The fraction of sp³-hybridized carbons (Fsp3) is 0.385. The number of halogens is 1. The first-order valence-corrected chi connectivity index (χ1v) is 6.46. The molecular formula is C13H11ClN2O4. The second-order valence-corrected chi connectivity index (χ2v) is 4.82. The lowest BCUT2D eigenvalue weighted by Gasteiger charge is -2.31. The maximum absolute atomic E-state index is 12.5. The van der Waals surface area contributed by atoms with Gasteiger partial charge in [0, 0.05) is 12.1 Å². The van der Waals surface area contributed by atoms with Crippen molar-refractivity contribution in [1.29, 1.82) is 5.26 Å². The maximum atomic E-state index is 12.5. The Balaban J connectivity index is 1.91. The van der Waals surface area contributed by atoms with Crippen molar-refractivity contribution >= 4 is 17.5 Å². The van der Waals surface area contributed by atoms with Gasteiger partial charge in [-0.15, -0.1) is 0 Å². The van der Waals surface area contributed by atoms with Gasteiger partial charge in [-0.1, -0.05) is 11.6 Å². The molecule has 0 bridgehead atoms. The molecule has 0 aromatic heterocycles. The van der Waals surface area contributed by atoms with Gasteiger partial charge in [0.15, 0.2) is 11.5 Å². The zero-order chi connectivity index (χ0) is 14.1. The summed E-state index contributed by atoms with van der Waals surface area (Å²) in [4.78, 5) is 14.0. The average molecular weight is 295 g/mol. The number of benzene rings is 1. The number of carbonyl (C=O) groups excluding carboxylic acids is 1. The number of amides is 1. The molecule has 2 aliphatic rings. The minimum atomic E-state index is -0.583. The highest BCUT2D eigenvalue weighted by atomic mass is 35.5. The highest BCUT2D eigenvalue weighted by molar-refractivity contribution is 6.32. The van der Waals surface area contributed by atoms with E-state index in [1.165, 1.54) is 11.0 Å². The van der Waals surface area contributed by atoms with Gasteiger partial charge in [-0.05, 0) is 12.1 Å². The van der Waals surface area contributed by atoms with E-state index in [4.69, 9.17) is 31.1 Å². The Labute approximate surface area is 120 Å². The van der Waals surface area contributed by atoms with Crippen LogP contribution in [0.1, 0.15) is 10.4 Å². The molecule has 0 saturated carbocycles. The Morgan fingerprint density at radius 1 is 1.45 bits per heavy atom. The average Bonchev–Trinajstić information content (AvgIpc) is 2.95. The van der Waals surface area contributed by atoms with Crippen LogP contribution in [0, 0.1) is 11.3 Å². The van der Waals surface area contributed by atoms with Gasteiger partial charge in [-0.3, -0.25) is 4.79 Å². The number of nitriles is 1. The largest absolute Gasteiger partial charge is 0.454 e. The predicted molar refractivity (Wildman–Crippen MR) is 68.8 cm³/mol. The van der Waals surface area contributed by atoms with E-state index in [1.54, 1.807) is 6.07 Å². The Morgan fingerprint density at radius 3 is 3.10 bits per heavy atom. The summed E-state index contributed by atoms with van der Waals surface area (Å²) in [5.74, 6) is 0.629. The molecule has 0 N–H and O–H groups in total. The number of hydrogen-bond donors (Lipinski definition) is 0. The molecule has 20 heavy (non-hydrogen) atoms. The highest BCUT2D eigenvalue weighted by Crippen LogP contribution is 2.40. The summed E-state index contributed by atoms with van der Waals surface area (Å²) in [6, 6.07) is 4.59. The second kappa shape index (κ2) is 5.19. The SMILES string of the molecule is N#C[C@@H]1COCCN1C(=O)c1cc(Cl)c2c(c1)OCO2. The maximum Gasteiger partial charge on any atom is 0.255 e. The van der Waals surface area contributed by atoms with Crippen molar-refractivity contribution in [2.24, 2.45) is 0 Å². The molecule has 1 amide bonds. The van der Waals surface area contributed by atoms with Crippen LogP contribution in [0.2, 0.25) is 5.02 Å². The third-order valence-electron chi connectivity index (χ3n) is 3.21. The molecule has 1 atom stereocenters. The summed E-state index contributed by atoms with van der Waals surface area (Å²) in [5, 5.41) is 9.40. The fourth-order valence-electron chi connectivity index (χ4n) is 2.21. The molecule has 2 heterocycles. The van der Waals surface area contributed by atoms with E-state index in [0.29, 0.717) is 35.2 Å². The lowest BCUT2D eigenvalue weighted by Crippen LogP contribution is -2.47. The summed E-state index contributed by atoms with van der Waals surface area (Å²) < 4.78 is 15.6.